The van der Waals surface area contributed by atoms with Crippen molar-refractivity contribution < 1.29 is 5.11 Å². The Kier molecular flexibility index (Phi) is 3.12. The van der Waals surface area contributed by atoms with Gasteiger partial charge in [0.15, 0.2) is 0 Å². The van der Waals surface area contributed by atoms with Gasteiger partial charge in [0.2, 0.25) is 0 Å². The normalized spacial score (nSPS) is 10.3. The Morgan fingerprint density at radius 1 is 1.12 bits per heavy atom. The number of rotatable bonds is 4. The summed E-state index contributed by atoms with van der Waals surface area (Å²) in [6, 6.07) is 11.1. The molecule has 0 aliphatic rings. The molecule has 0 bridgehead atoms. The lowest BCUT2D eigenvalue weighted by molar-refractivity contribution is 0.477. The number of nitrogens with one attached hydrogen (secondary N) is 2. The molecule has 0 spiro atoms. The fraction of sp³-hybridized carbons (Fsp3) is 0.167. The van der Waals surface area contributed by atoms with Crippen LogP contribution in [-0.2, 0) is 13.1 Å². The van der Waals surface area contributed by atoms with E-state index in [4.69, 9.17) is 5.73 Å². The molecule has 5 N–H and O–H groups in total. The van der Waals surface area contributed by atoms with Crippen molar-refractivity contribution in [2.24, 2.45) is 5.73 Å². The van der Waals surface area contributed by atoms with E-state index < -0.39 is 0 Å². The number of hydrogen-bond acceptors (Lipinski definition) is 3. The van der Waals surface area contributed by atoms with Crippen molar-refractivity contribution in [1.82, 2.24) is 4.98 Å². The summed E-state index contributed by atoms with van der Waals surface area (Å²) in [5.41, 5.74) is 8.28. The van der Waals surface area contributed by atoms with Crippen molar-refractivity contribution in [1.29, 1.82) is 0 Å². The largest absolute Gasteiger partial charge is 0.506 e. The van der Waals surface area contributed by atoms with Gasteiger partial charge < -0.3 is 21.1 Å². The Balaban J connectivity index is 1.99. The molecule has 4 heteroatoms. The number of phenolic OH excluding ortho intramolecular Hbond substituents is 1. The van der Waals surface area contributed by atoms with Crippen LogP contribution in [-0.4, -0.2) is 10.1 Å². The van der Waals surface area contributed by atoms with Crippen LogP contribution in [0.1, 0.15) is 11.4 Å². The van der Waals surface area contributed by atoms with Crippen molar-refractivity contribution in [3.8, 4) is 5.75 Å². The number of para-hydroxylation sites is 2. The van der Waals surface area contributed by atoms with Gasteiger partial charge in [0, 0.05) is 17.9 Å². The monoisotopic (exact) mass is 217 g/mol. The molecule has 2 aromatic rings. The third kappa shape index (κ3) is 2.35. The van der Waals surface area contributed by atoms with Crippen LogP contribution in [0.3, 0.4) is 0 Å². The van der Waals surface area contributed by atoms with Gasteiger partial charge >= 0.3 is 0 Å². The summed E-state index contributed by atoms with van der Waals surface area (Å²) in [7, 11) is 0. The molecule has 0 radical (unpaired) electrons. The molecule has 1 aromatic carbocycles. The second kappa shape index (κ2) is 4.72. The van der Waals surface area contributed by atoms with E-state index in [-0.39, 0.29) is 5.75 Å². The van der Waals surface area contributed by atoms with Gasteiger partial charge in [-0.25, -0.2) is 0 Å². The van der Waals surface area contributed by atoms with E-state index in [1.165, 1.54) is 0 Å². The van der Waals surface area contributed by atoms with E-state index in [0.29, 0.717) is 13.1 Å². The maximum atomic E-state index is 9.55. The van der Waals surface area contributed by atoms with Crippen molar-refractivity contribution in [3.63, 3.8) is 0 Å². The number of anilines is 1. The number of H-pyrrole nitrogens is 1. The molecule has 0 saturated carbocycles. The SMILES string of the molecule is NCc1ccc(CNc2ccccc2O)[nH]1. The molecule has 16 heavy (non-hydrogen) atoms. The molecule has 0 saturated heterocycles. The summed E-state index contributed by atoms with van der Waals surface area (Å²) in [5, 5.41) is 12.7. The van der Waals surface area contributed by atoms with Crippen LogP contribution in [0.4, 0.5) is 5.69 Å². The summed E-state index contributed by atoms with van der Waals surface area (Å²) in [5.74, 6) is 0.258. The van der Waals surface area contributed by atoms with Crippen LogP contribution >= 0.6 is 0 Å². The number of phenols is 1. The van der Waals surface area contributed by atoms with Crippen LogP contribution in [0.5, 0.6) is 5.75 Å². The zero-order valence-corrected chi connectivity index (χ0v) is 8.90. The molecule has 1 heterocycles. The van der Waals surface area contributed by atoms with Crippen LogP contribution < -0.4 is 11.1 Å². The van der Waals surface area contributed by atoms with Crippen molar-refractivity contribution >= 4 is 5.69 Å². The van der Waals surface area contributed by atoms with E-state index in [0.717, 1.165) is 17.1 Å². The van der Waals surface area contributed by atoms with Crippen molar-refractivity contribution in [3.05, 3.63) is 47.8 Å². The highest BCUT2D eigenvalue weighted by Gasteiger charge is 2.00. The second-order valence-corrected chi connectivity index (χ2v) is 3.58. The van der Waals surface area contributed by atoms with E-state index in [1.807, 2.05) is 24.3 Å². The van der Waals surface area contributed by atoms with Gasteiger partial charge in [-0.1, -0.05) is 12.1 Å². The quantitative estimate of drug-likeness (QED) is 0.590. The molecule has 4 nitrogen and oxygen atoms in total. The Hall–Kier alpha value is -1.94. The van der Waals surface area contributed by atoms with E-state index >= 15 is 0 Å². The lowest BCUT2D eigenvalue weighted by Crippen LogP contribution is -2.01. The van der Waals surface area contributed by atoms with Gasteiger partial charge in [-0.3, -0.25) is 0 Å². The van der Waals surface area contributed by atoms with E-state index in [2.05, 4.69) is 10.3 Å². The number of nitrogens with two attached hydrogens (primary N) is 1. The predicted octanol–water partition coefficient (Wildman–Crippen LogP) is 1.79. The minimum absolute atomic E-state index is 0.258. The molecule has 0 atom stereocenters. The summed E-state index contributed by atoms with van der Waals surface area (Å²) in [6.07, 6.45) is 0. The maximum absolute atomic E-state index is 9.55. The standard InChI is InChI=1S/C12H15N3O/c13-7-9-5-6-10(15-9)8-14-11-3-1-2-4-12(11)16/h1-6,14-16H,7-8,13H2. The molecule has 0 amide bonds. The van der Waals surface area contributed by atoms with Crippen LogP contribution in [0, 0.1) is 0 Å². The zero-order valence-electron chi connectivity index (χ0n) is 8.90. The number of aromatic nitrogens is 1. The van der Waals surface area contributed by atoms with Gasteiger partial charge in [-0.2, -0.15) is 0 Å². The first kappa shape index (κ1) is 10.6. The summed E-state index contributed by atoms with van der Waals surface area (Å²) in [6.45, 7) is 1.15. The second-order valence-electron chi connectivity index (χ2n) is 3.58. The molecular weight excluding hydrogens is 202 g/mol. The lowest BCUT2D eigenvalue weighted by Gasteiger charge is -2.06. The first-order chi connectivity index (χ1) is 7.79. The zero-order chi connectivity index (χ0) is 11.4. The topological polar surface area (TPSA) is 74.1 Å². The number of hydrogen-bond donors (Lipinski definition) is 4. The summed E-state index contributed by atoms with van der Waals surface area (Å²) >= 11 is 0. The summed E-state index contributed by atoms with van der Waals surface area (Å²) < 4.78 is 0. The Morgan fingerprint density at radius 3 is 2.56 bits per heavy atom. The number of aromatic amines is 1. The summed E-state index contributed by atoms with van der Waals surface area (Å²) in [4.78, 5) is 3.18. The first-order valence-corrected chi connectivity index (χ1v) is 5.18. The smallest absolute Gasteiger partial charge is 0.138 e. The molecule has 1 aromatic heterocycles. The number of aromatic hydroxyl groups is 1. The molecule has 2 rings (SSSR count). The Morgan fingerprint density at radius 2 is 1.88 bits per heavy atom. The third-order valence-electron chi connectivity index (χ3n) is 2.40. The predicted molar refractivity (Wildman–Crippen MR) is 64.1 cm³/mol. The molecule has 0 aliphatic carbocycles. The van der Waals surface area contributed by atoms with Gasteiger partial charge in [0.25, 0.3) is 0 Å². The van der Waals surface area contributed by atoms with Gasteiger partial charge in [-0.05, 0) is 24.3 Å². The van der Waals surface area contributed by atoms with Crippen molar-refractivity contribution in [2.75, 3.05) is 5.32 Å². The van der Waals surface area contributed by atoms with Crippen LogP contribution in [0.2, 0.25) is 0 Å². The minimum Gasteiger partial charge on any atom is -0.506 e. The molecule has 0 aliphatic heterocycles. The third-order valence-corrected chi connectivity index (χ3v) is 2.40. The van der Waals surface area contributed by atoms with Crippen LogP contribution in [0.25, 0.3) is 0 Å². The Labute approximate surface area is 94.1 Å². The highest BCUT2D eigenvalue weighted by molar-refractivity contribution is 5.55. The molecule has 84 valence electrons. The molecule has 0 unspecified atom stereocenters. The highest BCUT2D eigenvalue weighted by atomic mass is 16.3. The lowest BCUT2D eigenvalue weighted by atomic mass is 10.3. The van der Waals surface area contributed by atoms with Crippen molar-refractivity contribution in [2.45, 2.75) is 13.1 Å². The average molecular weight is 217 g/mol. The van der Waals surface area contributed by atoms with Gasteiger partial charge in [0.05, 0.1) is 12.2 Å². The molecular formula is C12H15N3O. The van der Waals surface area contributed by atoms with E-state index in [1.54, 1.807) is 12.1 Å². The average Bonchev–Trinajstić information content (AvgIpc) is 2.76. The highest BCUT2D eigenvalue weighted by Crippen LogP contribution is 2.21. The maximum Gasteiger partial charge on any atom is 0.138 e. The minimum atomic E-state index is 0.258. The first-order valence-electron chi connectivity index (χ1n) is 5.18. The van der Waals surface area contributed by atoms with Crippen LogP contribution in [0.15, 0.2) is 36.4 Å². The van der Waals surface area contributed by atoms with Gasteiger partial charge in [-0.15, -0.1) is 0 Å². The fourth-order valence-corrected chi connectivity index (χ4v) is 1.53. The van der Waals surface area contributed by atoms with Gasteiger partial charge in [0.1, 0.15) is 5.75 Å². The molecule has 0 fully saturated rings. The van der Waals surface area contributed by atoms with E-state index in [9.17, 15) is 5.11 Å². The Bertz CT molecular complexity index is 465. The number of benzene rings is 1. The fourth-order valence-electron chi connectivity index (χ4n) is 1.53.